The molecule has 0 aliphatic rings. The van der Waals surface area contributed by atoms with Crippen molar-refractivity contribution in [3.8, 4) is 5.69 Å². The van der Waals surface area contributed by atoms with Gasteiger partial charge in [0.1, 0.15) is 5.82 Å². The van der Waals surface area contributed by atoms with Gasteiger partial charge in [0.2, 0.25) is 5.91 Å². The van der Waals surface area contributed by atoms with Crippen molar-refractivity contribution in [2.24, 2.45) is 0 Å². The van der Waals surface area contributed by atoms with Gasteiger partial charge in [0.15, 0.2) is 0 Å². The third kappa shape index (κ3) is 4.35. The number of H-pyrrole nitrogens is 1. The van der Waals surface area contributed by atoms with Gasteiger partial charge in [-0.05, 0) is 23.3 Å². The summed E-state index contributed by atoms with van der Waals surface area (Å²) < 4.78 is 1.78. The quantitative estimate of drug-likeness (QED) is 0.524. The molecule has 0 spiro atoms. The first-order valence-electron chi connectivity index (χ1n) is 9.19. The molecule has 6 nitrogen and oxygen atoms in total. The van der Waals surface area contributed by atoms with Crippen LogP contribution in [0.3, 0.4) is 0 Å². The number of carbonyl (C=O) groups excluding carboxylic acids is 1. The van der Waals surface area contributed by atoms with Gasteiger partial charge in [0.05, 0.1) is 24.3 Å². The summed E-state index contributed by atoms with van der Waals surface area (Å²) in [7, 11) is 0. The molecule has 1 atom stereocenters. The molecule has 2 heterocycles. The van der Waals surface area contributed by atoms with Crippen LogP contribution < -0.4 is 5.32 Å². The van der Waals surface area contributed by atoms with Crippen molar-refractivity contribution in [3.63, 3.8) is 0 Å². The summed E-state index contributed by atoms with van der Waals surface area (Å²) in [4.78, 5) is 20.1. The zero-order valence-corrected chi connectivity index (χ0v) is 15.3. The highest BCUT2D eigenvalue weighted by molar-refractivity contribution is 5.79. The fourth-order valence-electron chi connectivity index (χ4n) is 3.14. The Labute approximate surface area is 163 Å². The van der Waals surface area contributed by atoms with E-state index in [1.165, 1.54) is 0 Å². The molecule has 1 unspecified atom stereocenters. The number of hydrogen-bond acceptors (Lipinski definition) is 3. The molecule has 0 bridgehead atoms. The van der Waals surface area contributed by atoms with E-state index in [1.54, 1.807) is 23.3 Å². The lowest BCUT2D eigenvalue weighted by molar-refractivity contribution is -0.121. The normalized spacial score (nSPS) is 11.9. The van der Waals surface area contributed by atoms with E-state index in [4.69, 9.17) is 0 Å². The molecule has 0 fully saturated rings. The third-order valence-corrected chi connectivity index (χ3v) is 4.51. The first-order valence-corrected chi connectivity index (χ1v) is 9.19. The highest BCUT2D eigenvalue weighted by Crippen LogP contribution is 2.17. The Morgan fingerprint density at radius 3 is 2.54 bits per heavy atom. The molecule has 6 heteroatoms. The van der Waals surface area contributed by atoms with Crippen LogP contribution in [0, 0.1) is 0 Å². The standard InChI is InChI=1S/C22H21N5O/c28-22(13-17-15-25-27(16-17)19-9-5-2-6-10-19)26-20(14-21-23-11-12-24-21)18-7-3-1-4-8-18/h1-12,15-16,20H,13-14H2,(H,23,24)(H,26,28). The number of nitrogens with one attached hydrogen (secondary N) is 2. The summed E-state index contributed by atoms with van der Waals surface area (Å²) in [5, 5.41) is 7.49. The van der Waals surface area contributed by atoms with E-state index in [0.717, 1.165) is 22.6 Å². The van der Waals surface area contributed by atoms with Gasteiger partial charge >= 0.3 is 0 Å². The zero-order valence-electron chi connectivity index (χ0n) is 15.3. The number of hydrogen-bond donors (Lipinski definition) is 2. The first kappa shape index (κ1) is 17.7. The van der Waals surface area contributed by atoms with Gasteiger partial charge in [0, 0.05) is 25.0 Å². The van der Waals surface area contributed by atoms with E-state index >= 15 is 0 Å². The Hall–Kier alpha value is -3.67. The van der Waals surface area contributed by atoms with E-state index in [-0.39, 0.29) is 18.4 Å². The Kier molecular flexibility index (Phi) is 5.29. The first-order chi connectivity index (χ1) is 13.8. The van der Waals surface area contributed by atoms with Crippen LogP contribution >= 0.6 is 0 Å². The lowest BCUT2D eigenvalue weighted by atomic mass is 10.0. The monoisotopic (exact) mass is 371 g/mol. The Balaban J connectivity index is 1.45. The molecule has 2 aromatic carbocycles. The molecule has 1 amide bonds. The average molecular weight is 371 g/mol. The highest BCUT2D eigenvalue weighted by Gasteiger charge is 2.17. The van der Waals surface area contributed by atoms with Gasteiger partial charge < -0.3 is 10.3 Å². The Morgan fingerprint density at radius 1 is 1.07 bits per heavy atom. The molecule has 0 radical (unpaired) electrons. The number of rotatable bonds is 7. The van der Waals surface area contributed by atoms with Crippen molar-refractivity contribution in [3.05, 3.63) is 102 Å². The van der Waals surface area contributed by atoms with E-state index in [2.05, 4.69) is 20.4 Å². The fraction of sp³-hybridized carbons (Fsp3) is 0.136. The van der Waals surface area contributed by atoms with Crippen LogP contribution in [0.1, 0.15) is 23.0 Å². The lowest BCUT2D eigenvalue weighted by Crippen LogP contribution is -2.31. The molecule has 4 rings (SSSR count). The second-order valence-electron chi connectivity index (χ2n) is 6.58. The minimum absolute atomic E-state index is 0.0481. The van der Waals surface area contributed by atoms with E-state index in [0.29, 0.717) is 6.42 Å². The van der Waals surface area contributed by atoms with Crippen molar-refractivity contribution in [2.45, 2.75) is 18.9 Å². The smallest absolute Gasteiger partial charge is 0.225 e. The summed E-state index contributed by atoms with van der Waals surface area (Å²) >= 11 is 0. The number of nitrogens with zero attached hydrogens (tertiary/aromatic N) is 3. The maximum Gasteiger partial charge on any atom is 0.225 e. The Morgan fingerprint density at radius 2 is 1.82 bits per heavy atom. The summed E-state index contributed by atoms with van der Waals surface area (Å²) in [6.07, 6.45) is 8.00. The van der Waals surface area contributed by atoms with Crippen LogP contribution in [0.2, 0.25) is 0 Å². The Bertz CT molecular complexity index is 1010. The number of aromatic amines is 1. The minimum Gasteiger partial charge on any atom is -0.349 e. The molecule has 140 valence electrons. The maximum absolute atomic E-state index is 12.7. The lowest BCUT2D eigenvalue weighted by Gasteiger charge is -2.18. The van der Waals surface area contributed by atoms with E-state index in [1.807, 2.05) is 66.9 Å². The van der Waals surface area contributed by atoms with Crippen LogP contribution in [0.15, 0.2) is 85.5 Å². The predicted octanol–water partition coefficient (Wildman–Crippen LogP) is 3.24. The predicted molar refractivity (Wildman–Crippen MR) is 107 cm³/mol. The number of benzene rings is 2. The summed E-state index contributed by atoms with van der Waals surface area (Å²) in [6, 6.07) is 19.6. The number of amides is 1. The van der Waals surface area contributed by atoms with Crippen molar-refractivity contribution >= 4 is 5.91 Å². The van der Waals surface area contributed by atoms with Gasteiger partial charge in [-0.3, -0.25) is 4.79 Å². The largest absolute Gasteiger partial charge is 0.349 e. The second kappa shape index (κ2) is 8.35. The molecular formula is C22H21N5O. The van der Waals surface area contributed by atoms with Gasteiger partial charge in [0.25, 0.3) is 0 Å². The number of para-hydroxylation sites is 1. The summed E-state index contributed by atoms with van der Waals surface area (Å²) in [5.74, 6) is 0.791. The SMILES string of the molecule is O=C(Cc1cnn(-c2ccccc2)c1)NC(Cc1ncc[nH]1)c1ccccc1. The molecule has 4 aromatic rings. The number of aromatic nitrogens is 4. The molecule has 0 aliphatic heterocycles. The fourth-order valence-corrected chi connectivity index (χ4v) is 3.14. The second-order valence-corrected chi connectivity index (χ2v) is 6.58. The van der Waals surface area contributed by atoms with Crippen LogP contribution in [0.4, 0.5) is 0 Å². The van der Waals surface area contributed by atoms with Crippen LogP contribution in [0.25, 0.3) is 5.69 Å². The van der Waals surface area contributed by atoms with Gasteiger partial charge in [-0.25, -0.2) is 9.67 Å². The molecule has 2 aromatic heterocycles. The zero-order chi connectivity index (χ0) is 19.2. The molecule has 2 N–H and O–H groups in total. The van der Waals surface area contributed by atoms with Gasteiger partial charge in [-0.15, -0.1) is 0 Å². The van der Waals surface area contributed by atoms with Crippen molar-refractivity contribution in [1.29, 1.82) is 0 Å². The summed E-state index contributed by atoms with van der Waals surface area (Å²) in [5.41, 5.74) is 2.88. The molecule has 0 saturated heterocycles. The van der Waals surface area contributed by atoms with Crippen LogP contribution in [-0.2, 0) is 17.6 Å². The van der Waals surface area contributed by atoms with Crippen molar-refractivity contribution in [2.75, 3.05) is 0 Å². The third-order valence-electron chi connectivity index (χ3n) is 4.51. The van der Waals surface area contributed by atoms with Gasteiger partial charge in [-0.2, -0.15) is 5.10 Å². The minimum atomic E-state index is -0.149. The van der Waals surface area contributed by atoms with Crippen molar-refractivity contribution in [1.82, 2.24) is 25.1 Å². The average Bonchev–Trinajstić information content (AvgIpc) is 3.41. The topological polar surface area (TPSA) is 75.6 Å². The number of carbonyl (C=O) groups is 1. The van der Waals surface area contributed by atoms with E-state index in [9.17, 15) is 4.79 Å². The van der Waals surface area contributed by atoms with Crippen molar-refractivity contribution < 1.29 is 4.79 Å². The van der Waals surface area contributed by atoms with Gasteiger partial charge in [-0.1, -0.05) is 48.5 Å². The van der Waals surface area contributed by atoms with Crippen LogP contribution in [0.5, 0.6) is 0 Å². The van der Waals surface area contributed by atoms with E-state index < -0.39 is 0 Å². The summed E-state index contributed by atoms with van der Waals surface area (Å²) in [6.45, 7) is 0. The molecule has 28 heavy (non-hydrogen) atoms. The number of imidazole rings is 1. The molecular weight excluding hydrogens is 350 g/mol. The van der Waals surface area contributed by atoms with Crippen LogP contribution in [-0.4, -0.2) is 25.7 Å². The maximum atomic E-state index is 12.7. The highest BCUT2D eigenvalue weighted by atomic mass is 16.1. The molecule has 0 saturated carbocycles. The molecule has 0 aliphatic carbocycles.